The number of aromatic nitrogens is 2. The quantitative estimate of drug-likeness (QED) is 0.692. The molecule has 0 saturated carbocycles. The Morgan fingerprint density at radius 1 is 0.958 bits per heavy atom. The van der Waals surface area contributed by atoms with Crippen molar-refractivity contribution >= 4 is 23.2 Å². The van der Waals surface area contributed by atoms with Crippen LogP contribution in [-0.2, 0) is 0 Å². The van der Waals surface area contributed by atoms with Crippen LogP contribution in [0, 0.1) is 11.6 Å². The first-order valence-corrected chi connectivity index (χ1v) is 7.18. The molecule has 0 amide bonds. The zero-order valence-electron chi connectivity index (χ0n) is 11.6. The summed E-state index contributed by atoms with van der Waals surface area (Å²) in [6.45, 7) is 0. The second-order valence-corrected chi connectivity index (χ2v) is 5.38. The molecule has 0 spiro atoms. The third kappa shape index (κ3) is 2.72. The molecule has 0 aliphatic carbocycles. The normalized spacial score (nSPS) is 10.8. The van der Waals surface area contributed by atoms with E-state index in [-0.39, 0.29) is 15.7 Å². The Labute approximate surface area is 142 Å². The van der Waals surface area contributed by atoms with E-state index in [1.54, 1.807) is 0 Å². The van der Waals surface area contributed by atoms with Crippen molar-refractivity contribution in [2.45, 2.75) is 0 Å². The number of hydrogen-bond donors (Lipinski definition) is 0. The third-order valence-electron chi connectivity index (χ3n) is 3.09. The summed E-state index contributed by atoms with van der Waals surface area (Å²) < 4.78 is 32.8. The van der Waals surface area contributed by atoms with Gasteiger partial charge in [0.15, 0.2) is 0 Å². The minimum Gasteiger partial charge on any atom is -0.389 e. The lowest BCUT2D eigenvalue weighted by Gasteiger charge is -2.08. The van der Waals surface area contributed by atoms with Gasteiger partial charge in [-0.15, -0.1) is 0 Å². The summed E-state index contributed by atoms with van der Waals surface area (Å²) in [4.78, 5) is 27.8. The van der Waals surface area contributed by atoms with Gasteiger partial charge in [-0.05, 0) is 24.3 Å². The average Bonchev–Trinajstić information content (AvgIpc) is 2.49. The molecule has 0 saturated heterocycles. The number of halogens is 4. The molecule has 0 radical (unpaired) electrons. The van der Waals surface area contributed by atoms with Crippen molar-refractivity contribution in [3.63, 3.8) is 0 Å². The smallest absolute Gasteiger partial charge is 0.389 e. The van der Waals surface area contributed by atoms with E-state index in [0.29, 0.717) is 4.57 Å². The minimum absolute atomic E-state index is 0.00326. The molecule has 0 bridgehead atoms. The molecule has 0 fully saturated rings. The summed E-state index contributed by atoms with van der Waals surface area (Å²) in [6, 6.07) is 7.32. The summed E-state index contributed by atoms with van der Waals surface area (Å²) >= 11 is 11.9. The van der Waals surface area contributed by atoms with E-state index in [4.69, 9.17) is 27.6 Å². The molecule has 5 nitrogen and oxygen atoms in total. The van der Waals surface area contributed by atoms with Crippen molar-refractivity contribution in [2.75, 3.05) is 0 Å². The van der Waals surface area contributed by atoms with Crippen LogP contribution >= 0.6 is 23.2 Å². The predicted molar refractivity (Wildman–Crippen MR) is 83.7 cm³/mol. The van der Waals surface area contributed by atoms with Gasteiger partial charge in [0.25, 0.3) is 0 Å². The van der Waals surface area contributed by atoms with Crippen LogP contribution in [0.5, 0.6) is 0 Å². The lowest BCUT2D eigenvalue weighted by atomic mass is 10.2. The SMILES string of the molecule is O=c1nc(-c2c(F)cccc2F)oc(=O)n1-c1c(Cl)cccc1Cl. The van der Waals surface area contributed by atoms with Crippen molar-refractivity contribution in [3.05, 3.63) is 79.1 Å². The topological polar surface area (TPSA) is 65.1 Å². The van der Waals surface area contributed by atoms with Crippen LogP contribution in [0.1, 0.15) is 0 Å². The lowest BCUT2D eigenvalue weighted by molar-refractivity contribution is 0.440. The van der Waals surface area contributed by atoms with Crippen molar-refractivity contribution < 1.29 is 13.2 Å². The Hall–Kier alpha value is -2.51. The molecule has 0 N–H and O–H groups in total. The highest BCUT2D eigenvalue weighted by Gasteiger charge is 2.20. The summed E-state index contributed by atoms with van der Waals surface area (Å²) in [6.07, 6.45) is 0. The molecule has 3 aromatic rings. The maximum atomic E-state index is 13.8. The number of rotatable bonds is 2. The Kier molecular flexibility index (Phi) is 4.21. The molecule has 0 aliphatic rings. The van der Waals surface area contributed by atoms with Gasteiger partial charge in [-0.1, -0.05) is 35.3 Å². The molecule has 9 heteroatoms. The van der Waals surface area contributed by atoms with E-state index in [1.165, 1.54) is 18.2 Å². The molecule has 0 atom stereocenters. The van der Waals surface area contributed by atoms with Crippen LogP contribution in [0.3, 0.4) is 0 Å². The summed E-state index contributed by atoms with van der Waals surface area (Å²) in [5.41, 5.74) is -1.99. The van der Waals surface area contributed by atoms with Crippen LogP contribution in [0.25, 0.3) is 17.1 Å². The van der Waals surface area contributed by atoms with Gasteiger partial charge < -0.3 is 4.42 Å². The van der Waals surface area contributed by atoms with E-state index in [1.807, 2.05) is 0 Å². The first kappa shape index (κ1) is 16.4. The van der Waals surface area contributed by atoms with Crippen LogP contribution < -0.4 is 11.4 Å². The number of nitrogens with zero attached hydrogens (tertiary/aromatic N) is 2. The van der Waals surface area contributed by atoms with Gasteiger partial charge in [0, 0.05) is 0 Å². The Morgan fingerprint density at radius 2 is 1.50 bits per heavy atom. The monoisotopic (exact) mass is 370 g/mol. The molecule has 1 aromatic heterocycles. The molecule has 0 unspecified atom stereocenters. The second kappa shape index (κ2) is 6.18. The standard InChI is InChI=1S/C15H6Cl2F2N2O3/c16-7-3-1-4-8(17)12(7)21-14(22)20-13(24-15(21)23)11-9(18)5-2-6-10(11)19/h1-6H. The summed E-state index contributed by atoms with van der Waals surface area (Å²) in [7, 11) is 0. The van der Waals surface area contributed by atoms with Gasteiger partial charge in [-0.25, -0.2) is 18.4 Å². The summed E-state index contributed by atoms with van der Waals surface area (Å²) in [5, 5.41) is 0.00652. The lowest BCUT2D eigenvalue weighted by Crippen LogP contribution is -2.34. The molecular weight excluding hydrogens is 365 g/mol. The van der Waals surface area contributed by atoms with E-state index in [9.17, 15) is 18.4 Å². The maximum absolute atomic E-state index is 13.8. The highest BCUT2D eigenvalue weighted by Crippen LogP contribution is 2.27. The van der Waals surface area contributed by atoms with E-state index in [0.717, 1.165) is 18.2 Å². The van der Waals surface area contributed by atoms with E-state index in [2.05, 4.69) is 4.98 Å². The zero-order valence-corrected chi connectivity index (χ0v) is 13.1. The third-order valence-corrected chi connectivity index (χ3v) is 3.70. The van der Waals surface area contributed by atoms with E-state index < -0.39 is 34.5 Å². The first-order chi connectivity index (χ1) is 11.4. The van der Waals surface area contributed by atoms with Crippen LogP contribution in [0.15, 0.2) is 50.4 Å². The molecule has 3 rings (SSSR count). The maximum Gasteiger partial charge on any atom is 0.429 e. The number of para-hydroxylation sites is 1. The predicted octanol–water partition coefficient (Wildman–Crippen LogP) is 3.44. The van der Waals surface area contributed by atoms with Crippen molar-refractivity contribution in [2.24, 2.45) is 0 Å². The molecule has 122 valence electrons. The van der Waals surface area contributed by atoms with E-state index >= 15 is 0 Å². The van der Waals surface area contributed by atoms with Crippen molar-refractivity contribution in [1.82, 2.24) is 9.55 Å². The van der Waals surface area contributed by atoms with Gasteiger partial charge in [0.1, 0.15) is 17.2 Å². The fourth-order valence-corrected chi connectivity index (χ4v) is 2.63. The van der Waals surface area contributed by atoms with Crippen LogP contribution in [-0.4, -0.2) is 9.55 Å². The molecule has 0 aliphatic heterocycles. The van der Waals surface area contributed by atoms with Gasteiger partial charge in [-0.3, -0.25) is 0 Å². The fourth-order valence-electron chi connectivity index (χ4n) is 2.06. The van der Waals surface area contributed by atoms with Gasteiger partial charge in [0.2, 0.25) is 5.89 Å². The first-order valence-electron chi connectivity index (χ1n) is 6.43. The highest BCUT2D eigenvalue weighted by molar-refractivity contribution is 6.37. The Balaban J connectivity index is 2.29. The molecule has 1 heterocycles. The highest BCUT2D eigenvalue weighted by atomic mass is 35.5. The molecule has 24 heavy (non-hydrogen) atoms. The van der Waals surface area contributed by atoms with Crippen LogP contribution in [0.2, 0.25) is 10.0 Å². The Bertz CT molecular complexity index is 992. The molecule has 2 aromatic carbocycles. The number of hydrogen-bond acceptors (Lipinski definition) is 4. The average molecular weight is 371 g/mol. The van der Waals surface area contributed by atoms with Crippen molar-refractivity contribution in [3.8, 4) is 17.1 Å². The number of benzene rings is 2. The van der Waals surface area contributed by atoms with Crippen LogP contribution in [0.4, 0.5) is 8.78 Å². The summed E-state index contributed by atoms with van der Waals surface area (Å²) in [5.74, 6) is -4.07. The fraction of sp³-hybridized carbons (Fsp3) is 0. The largest absolute Gasteiger partial charge is 0.429 e. The van der Waals surface area contributed by atoms with Gasteiger partial charge in [-0.2, -0.15) is 9.55 Å². The van der Waals surface area contributed by atoms with Crippen molar-refractivity contribution in [1.29, 1.82) is 0 Å². The second-order valence-electron chi connectivity index (χ2n) is 4.57. The minimum atomic E-state index is -1.23. The Morgan fingerprint density at radius 3 is 2.04 bits per heavy atom. The zero-order chi connectivity index (χ0) is 17.4. The molecular formula is C15H6Cl2F2N2O3. The van der Waals surface area contributed by atoms with Gasteiger partial charge in [0.05, 0.1) is 15.7 Å². The van der Waals surface area contributed by atoms with Gasteiger partial charge >= 0.3 is 11.4 Å².